The molecule has 0 unspecified atom stereocenters. The molecule has 0 atom stereocenters. The van der Waals surface area contributed by atoms with Crippen LogP contribution >= 0.6 is 11.6 Å². The second-order valence-electron chi connectivity index (χ2n) is 5.17. The maximum atomic E-state index is 8.81. The molecule has 0 radical (unpaired) electrons. The van der Waals surface area contributed by atoms with Crippen LogP contribution < -0.4 is 4.74 Å². The highest BCUT2D eigenvalue weighted by Crippen LogP contribution is 2.23. The van der Waals surface area contributed by atoms with Gasteiger partial charge in [-0.15, -0.1) is 11.6 Å². The van der Waals surface area contributed by atoms with Crippen molar-refractivity contribution in [2.45, 2.75) is 25.7 Å². The highest BCUT2D eigenvalue weighted by molar-refractivity contribution is 6.17. The topological polar surface area (TPSA) is 33.0 Å². The Bertz CT molecular complexity index is 599. The Kier molecular flexibility index (Phi) is 6.80. The number of halogens is 1. The number of alkyl halides is 1. The maximum Gasteiger partial charge on any atom is 0.119 e. The zero-order chi connectivity index (χ0) is 15.6. The Hall–Kier alpha value is -1.98. The lowest BCUT2D eigenvalue weighted by Crippen LogP contribution is -1.97. The second-order valence-corrected chi connectivity index (χ2v) is 5.54. The van der Waals surface area contributed by atoms with Crippen molar-refractivity contribution in [1.82, 2.24) is 0 Å². The van der Waals surface area contributed by atoms with Gasteiger partial charge in [-0.3, -0.25) is 0 Å². The largest absolute Gasteiger partial charge is 0.494 e. The SMILES string of the molecule is N#Cc1ccc(-c2ccc(OCCCCCCCl)cc2)cc1. The van der Waals surface area contributed by atoms with Gasteiger partial charge in [0.2, 0.25) is 0 Å². The van der Waals surface area contributed by atoms with Gasteiger partial charge in [0, 0.05) is 5.88 Å². The molecule has 0 aliphatic rings. The average Bonchev–Trinajstić information content (AvgIpc) is 2.59. The lowest BCUT2D eigenvalue weighted by atomic mass is 10.0. The van der Waals surface area contributed by atoms with Gasteiger partial charge in [0.1, 0.15) is 5.75 Å². The summed E-state index contributed by atoms with van der Waals surface area (Å²) in [6.45, 7) is 0.749. The molecule has 0 spiro atoms. The summed E-state index contributed by atoms with van der Waals surface area (Å²) in [5.74, 6) is 1.65. The van der Waals surface area contributed by atoms with Gasteiger partial charge in [-0.05, 0) is 48.2 Å². The zero-order valence-corrected chi connectivity index (χ0v) is 13.4. The lowest BCUT2D eigenvalue weighted by Gasteiger charge is -2.07. The van der Waals surface area contributed by atoms with E-state index in [0.717, 1.165) is 48.6 Å². The van der Waals surface area contributed by atoms with E-state index in [9.17, 15) is 0 Å². The fraction of sp³-hybridized carbons (Fsp3) is 0.316. The first kappa shape index (κ1) is 16.4. The van der Waals surface area contributed by atoms with Crippen LogP contribution in [0.15, 0.2) is 48.5 Å². The normalized spacial score (nSPS) is 10.2. The van der Waals surface area contributed by atoms with Crippen LogP contribution in [-0.4, -0.2) is 12.5 Å². The van der Waals surface area contributed by atoms with E-state index >= 15 is 0 Å². The number of unbranched alkanes of at least 4 members (excludes halogenated alkanes) is 3. The van der Waals surface area contributed by atoms with Crippen LogP contribution in [0, 0.1) is 11.3 Å². The molecule has 114 valence electrons. The van der Waals surface area contributed by atoms with Crippen LogP contribution in [-0.2, 0) is 0 Å². The standard InChI is InChI=1S/C19H20ClNO/c20-13-3-1-2-4-14-22-19-11-9-18(10-12-19)17-7-5-16(15-21)6-8-17/h5-12H,1-4,13-14H2. The monoisotopic (exact) mass is 313 g/mol. The summed E-state index contributed by atoms with van der Waals surface area (Å²) >= 11 is 5.65. The first-order valence-corrected chi connectivity index (χ1v) is 8.16. The molecule has 0 aliphatic carbocycles. The van der Waals surface area contributed by atoms with Gasteiger partial charge in [0.05, 0.1) is 18.2 Å². The van der Waals surface area contributed by atoms with Gasteiger partial charge in [0.15, 0.2) is 0 Å². The number of rotatable bonds is 8. The maximum absolute atomic E-state index is 8.81. The number of hydrogen-bond acceptors (Lipinski definition) is 2. The van der Waals surface area contributed by atoms with Crippen LogP contribution in [0.5, 0.6) is 5.75 Å². The average molecular weight is 314 g/mol. The Morgan fingerprint density at radius 1 is 0.818 bits per heavy atom. The van der Waals surface area contributed by atoms with E-state index in [1.165, 1.54) is 6.42 Å². The molecule has 0 aliphatic heterocycles. The molecule has 2 aromatic carbocycles. The summed E-state index contributed by atoms with van der Waals surface area (Å²) < 4.78 is 5.74. The van der Waals surface area contributed by atoms with Crippen LogP contribution in [0.3, 0.4) is 0 Å². The number of benzene rings is 2. The molecule has 0 aromatic heterocycles. The Morgan fingerprint density at radius 2 is 1.41 bits per heavy atom. The van der Waals surface area contributed by atoms with E-state index in [1.807, 2.05) is 48.5 Å². The van der Waals surface area contributed by atoms with E-state index in [-0.39, 0.29) is 0 Å². The molecule has 0 N–H and O–H groups in total. The van der Waals surface area contributed by atoms with E-state index < -0.39 is 0 Å². The Balaban J connectivity index is 1.83. The highest BCUT2D eigenvalue weighted by Gasteiger charge is 1.99. The highest BCUT2D eigenvalue weighted by atomic mass is 35.5. The van der Waals surface area contributed by atoms with Crippen molar-refractivity contribution in [3.05, 3.63) is 54.1 Å². The van der Waals surface area contributed by atoms with Crippen molar-refractivity contribution in [1.29, 1.82) is 5.26 Å². The molecule has 2 rings (SSSR count). The molecule has 22 heavy (non-hydrogen) atoms. The summed E-state index contributed by atoms with van der Waals surface area (Å²) in [6, 6.07) is 17.8. The first-order chi connectivity index (χ1) is 10.8. The zero-order valence-electron chi connectivity index (χ0n) is 12.6. The predicted octanol–water partition coefficient (Wildman–Crippen LogP) is 5.40. The molecule has 3 heteroatoms. The molecule has 0 saturated carbocycles. The summed E-state index contributed by atoms with van der Waals surface area (Å²) in [5, 5.41) is 8.81. The van der Waals surface area contributed by atoms with Gasteiger partial charge >= 0.3 is 0 Å². The van der Waals surface area contributed by atoms with Crippen LogP contribution in [0.2, 0.25) is 0 Å². The van der Waals surface area contributed by atoms with Crippen LogP contribution in [0.25, 0.3) is 11.1 Å². The molecule has 0 heterocycles. The molecule has 2 nitrogen and oxygen atoms in total. The third-order valence-corrected chi connectivity index (χ3v) is 3.77. The first-order valence-electron chi connectivity index (χ1n) is 7.63. The van der Waals surface area contributed by atoms with Gasteiger partial charge in [-0.25, -0.2) is 0 Å². The Morgan fingerprint density at radius 3 is 2.00 bits per heavy atom. The van der Waals surface area contributed by atoms with Crippen molar-refractivity contribution in [2.75, 3.05) is 12.5 Å². The number of nitrogens with zero attached hydrogens (tertiary/aromatic N) is 1. The minimum atomic E-state index is 0.679. The van der Waals surface area contributed by atoms with Gasteiger partial charge < -0.3 is 4.74 Å². The minimum Gasteiger partial charge on any atom is -0.494 e. The van der Waals surface area contributed by atoms with Crippen molar-refractivity contribution >= 4 is 11.6 Å². The van der Waals surface area contributed by atoms with Gasteiger partial charge in [-0.2, -0.15) is 5.26 Å². The fourth-order valence-corrected chi connectivity index (χ4v) is 2.41. The molecule has 0 amide bonds. The molecular formula is C19H20ClNO. The predicted molar refractivity (Wildman–Crippen MR) is 91.3 cm³/mol. The van der Waals surface area contributed by atoms with Gasteiger partial charge in [0.25, 0.3) is 0 Å². The van der Waals surface area contributed by atoms with Crippen molar-refractivity contribution in [3.63, 3.8) is 0 Å². The van der Waals surface area contributed by atoms with Crippen LogP contribution in [0.4, 0.5) is 0 Å². The number of ether oxygens (including phenoxy) is 1. The minimum absolute atomic E-state index is 0.679. The second kappa shape index (κ2) is 9.12. The van der Waals surface area contributed by atoms with Crippen molar-refractivity contribution < 1.29 is 4.74 Å². The van der Waals surface area contributed by atoms with Crippen molar-refractivity contribution in [3.8, 4) is 22.9 Å². The molecule has 0 saturated heterocycles. The number of hydrogen-bond donors (Lipinski definition) is 0. The number of nitriles is 1. The van der Waals surface area contributed by atoms with Crippen LogP contribution in [0.1, 0.15) is 31.2 Å². The Labute approximate surface area is 137 Å². The van der Waals surface area contributed by atoms with E-state index in [4.69, 9.17) is 21.6 Å². The summed E-state index contributed by atoms with van der Waals surface area (Å²) in [6.07, 6.45) is 4.48. The van der Waals surface area contributed by atoms with Crippen molar-refractivity contribution in [2.24, 2.45) is 0 Å². The smallest absolute Gasteiger partial charge is 0.119 e. The molecule has 2 aromatic rings. The van der Waals surface area contributed by atoms with E-state index in [0.29, 0.717) is 5.56 Å². The summed E-state index contributed by atoms with van der Waals surface area (Å²) in [5.41, 5.74) is 2.91. The van der Waals surface area contributed by atoms with E-state index in [2.05, 4.69) is 6.07 Å². The molecule has 0 bridgehead atoms. The third-order valence-electron chi connectivity index (χ3n) is 3.50. The van der Waals surface area contributed by atoms with E-state index in [1.54, 1.807) is 0 Å². The van der Waals surface area contributed by atoms with Gasteiger partial charge in [-0.1, -0.05) is 37.1 Å². The fourth-order valence-electron chi connectivity index (χ4n) is 2.22. The molecule has 0 fully saturated rings. The quantitative estimate of drug-likeness (QED) is 0.482. The summed E-state index contributed by atoms with van der Waals surface area (Å²) in [7, 11) is 0. The third kappa shape index (κ3) is 5.09. The summed E-state index contributed by atoms with van der Waals surface area (Å²) in [4.78, 5) is 0. The lowest BCUT2D eigenvalue weighted by molar-refractivity contribution is 0.305. The molecular weight excluding hydrogens is 294 g/mol.